The highest BCUT2D eigenvalue weighted by molar-refractivity contribution is 5.96. The zero-order valence-electron chi connectivity index (χ0n) is 15.0. The number of rotatable bonds is 6. The number of benzene rings is 1. The van der Waals surface area contributed by atoms with Crippen molar-refractivity contribution in [1.29, 1.82) is 0 Å². The fourth-order valence-electron chi connectivity index (χ4n) is 3.30. The number of hydrogen-bond donors (Lipinski definition) is 2. The summed E-state index contributed by atoms with van der Waals surface area (Å²) >= 11 is 0. The van der Waals surface area contributed by atoms with E-state index in [0.717, 1.165) is 25.7 Å². The van der Waals surface area contributed by atoms with E-state index in [-0.39, 0.29) is 12.5 Å². The van der Waals surface area contributed by atoms with Crippen LogP contribution in [0.4, 0.5) is 20.7 Å². The minimum absolute atomic E-state index is 0.121. The number of nitrogens with zero attached hydrogens (tertiary/aromatic N) is 2. The van der Waals surface area contributed by atoms with Crippen LogP contribution in [-0.2, 0) is 4.79 Å². The lowest BCUT2D eigenvalue weighted by Gasteiger charge is -2.29. The second kappa shape index (κ2) is 9.16. The topological polar surface area (TPSA) is 87.5 Å². The molecule has 1 aromatic carbocycles. The van der Waals surface area contributed by atoms with Crippen LogP contribution in [0.5, 0.6) is 0 Å². The van der Waals surface area contributed by atoms with Crippen molar-refractivity contribution in [3.8, 4) is 0 Å². The normalized spacial score (nSPS) is 14.6. The SMILES string of the molecule is O=C(CN(CC1CCCCC1)C(=O)Nc1cccc(F)c1)Nc1ccon1. The fourth-order valence-corrected chi connectivity index (χ4v) is 3.30. The summed E-state index contributed by atoms with van der Waals surface area (Å²) in [6.07, 6.45) is 6.90. The molecule has 1 saturated carbocycles. The maximum Gasteiger partial charge on any atom is 0.322 e. The van der Waals surface area contributed by atoms with Crippen molar-refractivity contribution < 1.29 is 18.5 Å². The quantitative estimate of drug-likeness (QED) is 0.804. The lowest BCUT2D eigenvalue weighted by atomic mass is 9.89. The first-order valence-electron chi connectivity index (χ1n) is 9.12. The number of nitrogens with one attached hydrogen (secondary N) is 2. The minimum atomic E-state index is -0.435. The summed E-state index contributed by atoms with van der Waals surface area (Å²) in [5.41, 5.74) is 0.352. The zero-order valence-corrected chi connectivity index (χ0v) is 15.0. The summed E-state index contributed by atoms with van der Waals surface area (Å²) < 4.78 is 18.1. The van der Waals surface area contributed by atoms with Gasteiger partial charge in [-0.2, -0.15) is 0 Å². The Labute approximate surface area is 156 Å². The van der Waals surface area contributed by atoms with E-state index in [1.54, 1.807) is 6.07 Å². The van der Waals surface area contributed by atoms with Crippen molar-refractivity contribution in [2.75, 3.05) is 23.7 Å². The smallest absolute Gasteiger partial charge is 0.322 e. The Bertz CT molecular complexity index is 760. The number of carbonyl (C=O) groups is 2. The van der Waals surface area contributed by atoms with Crippen molar-refractivity contribution in [2.24, 2.45) is 5.92 Å². The van der Waals surface area contributed by atoms with E-state index >= 15 is 0 Å². The number of amides is 3. The zero-order chi connectivity index (χ0) is 19.1. The Kier molecular flexibility index (Phi) is 6.40. The van der Waals surface area contributed by atoms with Crippen LogP contribution >= 0.6 is 0 Å². The predicted octanol–water partition coefficient (Wildman–Crippen LogP) is 3.87. The fraction of sp³-hybridized carbons (Fsp3) is 0.421. The Morgan fingerprint density at radius 2 is 2.00 bits per heavy atom. The van der Waals surface area contributed by atoms with Gasteiger partial charge in [0.25, 0.3) is 0 Å². The Balaban J connectivity index is 1.65. The summed E-state index contributed by atoms with van der Waals surface area (Å²) in [5.74, 6) is -0.149. The average Bonchev–Trinajstić information content (AvgIpc) is 3.15. The third-order valence-corrected chi connectivity index (χ3v) is 4.61. The van der Waals surface area contributed by atoms with Crippen molar-refractivity contribution in [3.05, 3.63) is 42.4 Å². The number of carbonyl (C=O) groups excluding carboxylic acids is 2. The Morgan fingerprint density at radius 1 is 1.19 bits per heavy atom. The monoisotopic (exact) mass is 374 g/mol. The molecule has 0 unspecified atom stereocenters. The van der Waals surface area contributed by atoms with Crippen LogP contribution in [0, 0.1) is 11.7 Å². The average molecular weight is 374 g/mol. The van der Waals surface area contributed by atoms with Gasteiger partial charge in [0.2, 0.25) is 5.91 Å². The van der Waals surface area contributed by atoms with E-state index < -0.39 is 11.8 Å². The van der Waals surface area contributed by atoms with Gasteiger partial charge in [-0.05, 0) is 37.0 Å². The van der Waals surface area contributed by atoms with Crippen LogP contribution in [0.25, 0.3) is 0 Å². The maximum atomic E-state index is 13.4. The van der Waals surface area contributed by atoms with Crippen molar-refractivity contribution >= 4 is 23.4 Å². The molecule has 27 heavy (non-hydrogen) atoms. The van der Waals surface area contributed by atoms with E-state index in [1.807, 2.05) is 0 Å². The molecule has 1 fully saturated rings. The lowest BCUT2D eigenvalue weighted by Crippen LogP contribution is -2.43. The molecule has 3 rings (SSSR count). The Hall–Kier alpha value is -2.90. The maximum absolute atomic E-state index is 13.4. The molecule has 7 nitrogen and oxygen atoms in total. The van der Waals surface area contributed by atoms with Crippen molar-refractivity contribution in [2.45, 2.75) is 32.1 Å². The summed E-state index contributed by atoms with van der Waals surface area (Å²) in [7, 11) is 0. The van der Waals surface area contributed by atoms with Gasteiger partial charge in [0.05, 0.1) is 0 Å². The van der Waals surface area contributed by atoms with Crippen molar-refractivity contribution in [1.82, 2.24) is 10.1 Å². The molecule has 8 heteroatoms. The molecule has 0 spiro atoms. The van der Waals surface area contributed by atoms with Crippen LogP contribution in [-0.4, -0.2) is 35.1 Å². The van der Waals surface area contributed by atoms with Crippen molar-refractivity contribution in [3.63, 3.8) is 0 Å². The van der Waals surface area contributed by atoms with Gasteiger partial charge in [0.15, 0.2) is 5.82 Å². The molecule has 0 bridgehead atoms. The molecule has 0 saturated heterocycles. The van der Waals surface area contributed by atoms with Gasteiger partial charge in [-0.1, -0.05) is 30.5 Å². The summed E-state index contributed by atoms with van der Waals surface area (Å²) in [6, 6.07) is 6.77. The van der Waals surface area contributed by atoms with Crippen LogP contribution < -0.4 is 10.6 Å². The van der Waals surface area contributed by atoms with E-state index in [4.69, 9.17) is 0 Å². The first-order chi connectivity index (χ1) is 13.1. The predicted molar refractivity (Wildman–Crippen MR) is 98.7 cm³/mol. The molecule has 144 valence electrons. The van der Waals surface area contributed by atoms with Gasteiger partial charge in [0.1, 0.15) is 18.6 Å². The van der Waals surface area contributed by atoms with Gasteiger partial charge >= 0.3 is 6.03 Å². The molecule has 1 aromatic heterocycles. The molecular weight excluding hydrogens is 351 g/mol. The van der Waals surface area contributed by atoms with Gasteiger partial charge < -0.3 is 20.1 Å². The Morgan fingerprint density at radius 3 is 2.70 bits per heavy atom. The van der Waals surface area contributed by atoms with Gasteiger partial charge in [-0.25, -0.2) is 9.18 Å². The van der Waals surface area contributed by atoms with Gasteiger partial charge in [-0.15, -0.1) is 0 Å². The van der Waals surface area contributed by atoms with Gasteiger partial charge in [-0.3, -0.25) is 4.79 Å². The standard InChI is InChI=1S/C19H23FN4O3/c20-15-7-4-8-16(11-15)21-19(26)24(12-14-5-2-1-3-6-14)13-18(25)22-17-9-10-27-23-17/h4,7-11,14H,1-3,5-6,12-13H2,(H,21,26)(H,22,23,25). The first-order valence-corrected chi connectivity index (χ1v) is 9.12. The summed E-state index contributed by atoms with van der Waals surface area (Å²) in [6.45, 7) is 0.359. The molecule has 3 amide bonds. The first kappa shape index (κ1) is 18.9. The lowest BCUT2D eigenvalue weighted by molar-refractivity contribution is -0.116. The summed E-state index contributed by atoms with van der Waals surface area (Å²) in [5, 5.41) is 8.90. The molecule has 0 aliphatic heterocycles. The molecule has 1 aliphatic rings. The van der Waals surface area contributed by atoms with Crippen LogP contribution in [0.1, 0.15) is 32.1 Å². The number of hydrogen-bond acceptors (Lipinski definition) is 4. The highest BCUT2D eigenvalue weighted by Crippen LogP contribution is 2.24. The number of aromatic nitrogens is 1. The molecule has 0 radical (unpaired) electrons. The summed E-state index contributed by atoms with van der Waals surface area (Å²) in [4.78, 5) is 26.5. The highest BCUT2D eigenvalue weighted by Gasteiger charge is 2.23. The second-order valence-electron chi connectivity index (χ2n) is 6.76. The molecule has 1 aliphatic carbocycles. The molecule has 2 aromatic rings. The molecular formula is C19H23FN4O3. The number of anilines is 2. The van der Waals surface area contributed by atoms with Crippen LogP contribution in [0.3, 0.4) is 0 Å². The minimum Gasteiger partial charge on any atom is -0.363 e. The van der Waals surface area contributed by atoms with E-state index in [1.165, 1.54) is 41.8 Å². The molecule has 1 heterocycles. The molecule has 0 atom stereocenters. The molecule has 2 N–H and O–H groups in total. The van der Waals surface area contributed by atoms with E-state index in [0.29, 0.717) is 24.0 Å². The number of halogens is 1. The van der Waals surface area contributed by atoms with E-state index in [2.05, 4.69) is 20.3 Å². The third-order valence-electron chi connectivity index (χ3n) is 4.61. The van der Waals surface area contributed by atoms with Crippen LogP contribution in [0.2, 0.25) is 0 Å². The second-order valence-corrected chi connectivity index (χ2v) is 6.76. The third kappa shape index (κ3) is 5.80. The van der Waals surface area contributed by atoms with Gasteiger partial charge in [0, 0.05) is 18.3 Å². The van der Waals surface area contributed by atoms with E-state index in [9.17, 15) is 14.0 Å². The van der Waals surface area contributed by atoms with Crippen LogP contribution in [0.15, 0.2) is 41.1 Å². The largest absolute Gasteiger partial charge is 0.363 e. The number of urea groups is 1. The highest BCUT2D eigenvalue weighted by atomic mass is 19.1.